The maximum absolute atomic E-state index is 13.0. The number of nitrogens with one attached hydrogen (secondary N) is 1. The summed E-state index contributed by atoms with van der Waals surface area (Å²) in [6, 6.07) is 15.8. The summed E-state index contributed by atoms with van der Waals surface area (Å²) in [5.41, 5.74) is 2.71. The molecule has 0 aliphatic heterocycles. The van der Waals surface area contributed by atoms with E-state index in [1.165, 1.54) is 0 Å². The summed E-state index contributed by atoms with van der Waals surface area (Å²) in [7, 11) is -3.99. The van der Waals surface area contributed by atoms with Gasteiger partial charge in [-0.05, 0) is 36.0 Å². The molecule has 28 heavy (non-hydrogen) atoms. The van der Waals surface area contributed by atoms with Crippen LogP contribution in [-0.4, -0.2) is 36.4 Å². The van der Waals surface area contributed by atoms with Crippen LogP contribution in [0.15, 0.2) is 54.6 Å². The summed E-state index contributed by atoms with van der Waals surface area (Å²) in [5, 5.41) is 9.69. The van der Waals surface area contributed by atoms with Crippen LogP contribution in [0.2, 0.25) is 0 Å². The molecular formula is C21H28N2O4S. The van der Waals surface area contributed by atoms with Gasteiger partial charge < -0.3 is 5.11 Å². The smallest absolute Gasteiger partial charge is 0.322 e. The summed E-state index contributed by atoms with van der Waals surface area (Å²) in [6.45, 7) is 5.50. The van der Waals surface area contributed by atoms with Gasteiger partial charge in [0.15, 0.2) is 0 Å². The summed E-state index contributed by atoms with van der Waals surface area (Å²) in [5.74, 6) is -1.54. The number of hydrogen-bond donors (Lipinski definition) is 2. The lowest BCUT2D eigenvalue weighted by Crippen LogP contribution is -2.52. The van der Waals surface area contributed by atoms with Gasteiger partial charge in [-0.3, -0.25) is 4.79 Å². The van der Waals surface area contributed by atoms with E-state index in [-0.39, 0.29) is 19.0 Å². The largest absolute Gasteiger partial charge is 0.480 e. The van der Waals surface area contributed by atoms with Gasteiger partial charge in [-0.15, -0.1) is 0 Å². The van der Waals surface area contributed by atoms with E-state index >= 15 is 0 Å². The maximum atomic E-state index is 13.0. The highest BCUT2D eigenvalue weighted by Crippen LogP contribution is 2.20. The third kappa shape index (κ3) is 5.89. The van der Waals surface area contributed by atoms with E-state index in [1.54, 1.807) is 13.8 Å². The van der Waals surface area contributed by atoms with Crippen molar-refractivity contribution in [1.29, 1.82) is 0 Å². The van der Waals surface area contributed by atoms with Crippen molar-refractivity contribution in [3.63, 3.8) is 0 Å². The molecule has 0 amide bonds. The normalized spacial score (nSPS) is 13.0. The van der Waals surface area contributed by atoms with E-state index in [4.69, 9.17) is 0 Å². The summed E-state index contributed by atoms with van der Waals surface area (Å²) >= 11 is 0. The van der Waals surface area contributed by atoms with Crippen LogP contribution in [0.1, 0.15) is 30.5 Å². The molecular weight excluding hydrogens is 376 g/mol. The number of carboxylic acid groups (broad SMARTS) is 1. The van der Waals surface area contributed by atoms with Crippen molar-refractivity contribution in [2.45, 2.75) is 39.8 Å². The molecule has 0 radical (unpaired) electrons. The van der Waals surface area contributed by atoms with Gasteiger partial charge in [-0.1, -0.05) is 68.4 Å². The molecule has 152 valence electrons. The van der Waals surface area contributed by atoms with Crippen LogP contribution in [0.3, 0.4) is 0 Å². The molecule has 1 atom stereocenters. The average Bonchev–Trinajstić information content (AvgIpc) is 2.63. The fourth-order valence-electron chi connectivity index (χ4n) is 3.08. The summed E-state index contributed by atoms with van der Waals surface area (Å²) in [4.78, 5) is 11.9. The molecule has 0 saturated heterocycles. The number of aliphatic carboxylic acids is 1. The second-order valence-corrected chi connectivity index (χ2v) is 8.84. The SMILES string of the molecule is Cc1ccccc1CN([C@@H](C(=O)O)C(C)C)S(=O)(=O)NCCc1ccccc1. The summed E-state index contributed by atoms with van der Waals surface area (Å²) in [6.07, 6.45) is 0.525. The van der Waals surface area contributed by atoms with Crippen LogP contribution in [-0.2, 0) is 28.0 Å². The molecule has 2 rings (SSSR count). The highest BCUT2D eigenvalue weighted by atomic mass is 32.2. The Bertz CT molecular complexity index is 882. The Balaban J connectivity index is 2.25. The van der Waals surface area contributed by atoms with E-state index in [0.29, 0.717) is 6.42 Å². The molecule has 0 saturated carbocycles. The molecule has 0 heterocycles. The average molecular weight is 405 g/mol. The van der Waals surface area contributed by atoms with E-state index in [2.05, 4.69) is 4.72 Å². The highest BCUT2D eigenvalue weighted by molar-refractivity contribution is 7.87. The summed E-state index contributed by atoms with van der Waals surface area (Å²) < 4.78 is 29.7. The minimum atomic E-state index is -3.99. The number of nitrogens with zero attached hydrogens (tertiary/aromatic N) is 1. The Labute approximate surface area is 167 Å². The molecule has 2 aromatic carbocycles. The van der Waals surface area contributed by atoms with Gasteiger partial charge in [0.25, 0.3) is 10.2 Å². The van der Waals surface area contributed by atoms with Crippen molar-refractivity contribution >= 4 is 16.2 Å². The molecule has 0 unspecified atom stereocenters. The Hall–Kier alpha value is -2.22. The van der Waals surface area contributed by atoms with E-state index < -0.39 is 22.2 Å². The van der Waals surface area contributed by atoms with E-state index in [0.717, 1.165) is 21.0 Å². The number of rotatable bonds is 10. The number of benzene rings is 2. The molecule has 7 heteroatoms. The Morgan fingerprint density at radius 2 is 1.68 bits per heavy atom. The number of carboxylic acids is 1. The third-order valence-electron chi connectivity index (χ3n) is 4.63. The van der Waals surface area contributed by atoms with Gasteiger partial charge in [0, 0.05) is 13.1 Å². The van der Waals surface area contributed by atoms with Crippen molar-refractivity contribution in [2.24, 2.45) is 5.92 Å². The molecule has 0 aromatic heterocycles. The molecule has 2 aromatic rings. The first-order chi connectivity index (χ1) is 13.2. The lowest BCUT2D eigenvalue weighted by atomic mass is 10.0. The van der Waals surface area contributed by atoms with Gasteiger partial charge in [-0.25, -0.2) is 4.72 Å². The topological polar surface area (TPSA) is 86.7 Å². The van der Waals surface area contributed by atoms with Crippen LogP contribution in [0.4, 0.5) is 0 Å². The molecule has 0 spiro atoms. The first kappa shape index (κ1) is 22.1. The minimum Gasteiger partial charge on any atom is -0.480 e. The fraction of sp³-hybridized carbons (Fsp3) is 0.381. The zero-order valence-electron chi connectivity index (χ0n) is 16.5. The number of carbonyl (C=O) groups is 1. The van der Waals surface area contributed by atoms with Crippen LogP contribution in [0.25, 0.3) is 0 Å². The first-order valence-corrected chi connectivity index (χ1v) is 10.7. The second-order valence-electron chi connectivity index (χ2n) is 7.13. The van der Waals surface area contributed by atoms with E-state index in [1.807, 2.05) is 61.5 Å². The van der Waals surface area contributed by atoms with Crippen LogP contribution < -0.4 is 4.72 Å². The van der Waals surface area contributed by atoms with Gasteiger partial charge >= 0.3 is 5.97 Å². The lowest BCUT2D eigenvalue weighted by molar-refractivity contribution is -0.143. The highest BCUT2D eigenvalue weighted by Gasteiger charge is 2.37. The third-order valence-corrected chi connectivity index (χ3v) is 6.17. The Morgan fingerprint density at radius 1 is 1.07 bits per heavy atom. The zero-order valence-corrected chi connectivity index (χ0v) is 17.3. The number of hydrogen-bond acceptors (Lipinski definition) is 3. The van der Waals surface area contributed by atoms with Crippen molar-refractivity contribution in [3.8, 4) is 0 Å². The molecule has 0 aliphatic rings. The maximum Gasteiger partial charge on any atom is 0.322 e. The second kappa shape index (κ2) is 9.82. The van der Waals surface area contributed by atoms with Crippen LogP contribution in [0.5, 0.6) is 0 Å². The molecule has 0 fully saturated rings. The van der Waals surface area contributed by atoms with Gasteiger partial charge in [0.05, 0.1) is 0 Å². The molecule has 6 nitrogen and oxygen atoms in total. The van der Waals surface area contributed by atoms with Crippen molar-refractivity contribution in [3.05, 3.63) is 71.3 Å². The van der Waals surface area contributed by atoms with E-state index in [9.17, 15) is 18.3 Å². The molecule has 0 aliphatic carbocycles. The molecule has 0 bridgehead atoms. The Morgan fingerprint density at radius 3 is 2.25 bits per heavy atom. The Kier molecular flexibility index (Phi) is 7.74. The first-order valence-electron chi connectivity index (χ1n) is 9.30. The van der Waals surface area contributed by atoms with Gasteiger partial charge in [0.1, 0.15) is 6.04 Å². The van der Waals surface area contributed by atoms with Crippen LogP contribution >= 0.6 is 0 Å². The van der Waals surface area contributed by atoms with Gasteiger partial charge in [0.2, 0.25) is 0 Å². The van der Waals surface area contributed by atoms with Crippen molar-refractivity contribution < 1.29 is 18.3 Å². The fourth-order valence-corrected chi connectivity index (χ4v) is 4.55. The van der Waals surface area contributed by atoms with Crippen molar-refractivity contribution in [1.82, 2.24) is 9.03 Å². The minimum absolute atomic E-state index is 0.00247. The number of aryl methyl sites for hydroxylation is 1. The molecule has 2 N–H and O–H groups in total. The van der Waals surface area contributed by atoms with Crippen LogP contribution in [0, 0.1) is 12.8 Å². The standard InChI is InChI=1S/C21H28N2O4S/c1-16(2)20(21(24)25)23(15-19-12-8-7-9-17(19)3)28(26,27)22-14-13-18-10-5-4-6-11-18/h4-12,16,20,22H,13-15H2,1-3H3,(H,24,25)/t20-/m1/s1. The zero-order chi connectivity index (χ0) is 20.7. The predicted molar refractivity (Wildman–Crippen MR) is 110 cm³/mol. The predicted octanol–water partition coefficient (Wildman–Crippen LogP) is 2.98. The lowest BCUT2D eigenvalue weighted by Gasteiger charge is -2.31. The van der Waals surface area contributed by atoms with Gasteiger partial charge in [-0.2, -0.15) is 12.7 Å². The van der Waals surface area contributed by atoms with Crippen molar-refractivity contribution in [2.75, 3.05) is 6.54 Å². The monoisotopic (exact) mass is 404 g/mol. The quantitative estimate of drug-likeness (QED) is 0.637.